The molecule has 0 aliphatic rings. The highest BCUT2D eigenvalue weighted by molar-refractivity contribution is 6.17. The van der Waals surface area contributed by atoms with E-state index in [1.165, 1.54) is 4.57 Å². The standard InChI is InChI=1S/C48H31N3/c1-3-14-34(15-4-1)49-41-21-10-7-18-36(41)39-30-32(26-28-44(39)49)33-27-29-45-40(31-33)37-19-8-11-22-42(37)51(45)47-25-13-24-46-48(47)38-20-9-12-23-43(38)50(46)35-16-5-2-6-17-35/h1-31H/i2D,5D,6D,7D,8D,9D,10D,11D,12D,13D,16D,17D,18D,19D,20D,21D,22D,23D,24D,25D,26D,27D,28D,29D,30D,31D. The van der Waals surface area contributed by atoms with Gasteiger partial charge in [0, 0.05) is 43.7 Å². The molecule has 0 N–H and O–H groups in total. The number of para-hydroxylation sites is 5. The molecular formula is C48H31N3. The summed E-state index contributed by atoms with van der Waals surface area (Å²) in [7, 11) is 0. The van der Waals surface area contributed by atoms with Crippen molar-refractivity contribution in [2.24, 2.45) is 0 Å². The number of fused-ring (bicyclic) bond motifs is 9. The first-order valence-corrected chi connectivity index (χ1v) is 15.4. The summed E-state index contributed by atoms with van der Waals surface area (Å²) in [5.74, 6) is 0. The molecular weight excluding hydrogens is 619 g/mol. The first-order valence-electron chi connectivity index (χ1n) is 28.4. The normalized spacial score (nSPS) is 19.1. The van der Waals surface area contributed by atoms with E-state index in [1.54, 1.807) is 30.3 Å². The smallest absolute Gasteiger partial charge is 0.0645 e. The van der Waals surface area contributed by atoms with Crippen LogP contribution in [0.3, 0.4) is 0 Å². The molecule has 8 aromatic carbocycles. The second kappa shape index (κ2) is 10.8. The Bertz CT molecular complexity index is 4600. The van der Waals surface area contributed by atoms with E-state index in [2.05, 4.69) is 0 Å². The van der Waals surface area contributed by atoms with Crippen molar-refractivity contribution in [3.05, 3.63) is 187 Å². The molecule has 3 nitrogen and oxygen atoms in total. The highest BCUT2D eigenvalue weighted by Crippen LogP contribution is 2.41. The van der Waals surface area contributed by atoms with Gasteiger partial charge in [0.25, 0.3) is 0 Å². The van der Waals surface area contributed by atoms with Crippen LogP contribution in [0.25, 0.3) is 93.6 Å². The molecule has 3 heteroatoms. The van der Waals surface area contributed by atoms with Gasteiger partial charge in [-0.3, -0.25) is 0 Å². The van der Waals surface area contributed by atoms with Gasteiger partial charge in [0.1, 0.15) is 0 Å². The molecule has 0 aliphatic heterocycles. The lowest BCUT2D eigenvalue weighted by molar-refractivity contribution is 1.17. The fourth-order valence-corrected chi connectivity index (χ4v) is 6.64. The molecule has 0 spiro atoms. The maximum Gasteiger partial charge on any atom is 0.0645 e. The van der Waals surface area contributed by atoms with Crippen LogP contribution in [0.15, 0.2) is 187 Å². The van der Waals surface area contributed by atoms with Crippen LogP contribution in [0, 0.1) is 0 Å². The zero-order chi connectivity index (χ0) is 56.1. The summed E-state index contributed by atoms with van der Waals surface area (Å²) in [4.78, 5) is 0. The van der Waals surface area contributed by atoms with Gasteiger partial charge in [-0.2, -0.15) is 0 Å². The minimum atomic E-state index is -1.00. The van der Waals surface area contributed by atoms with Gasteiger partial charge in [0.2, 0.25) is 0 Å². The van der Waals surface area contributed by atoms with Crippen molar-refractivity contribution in [3.63, 3.8) is 0 Å². The lowest BCUT2D eigenvalue weighted by atomic mass is 10.0. The molecule has 51 heavy (non-hydrogen) atoms. The van der Waals surface area contributed by atoms with E-state index in [0.29, 0.717) is 0 Å². The summed E-state index contributed by atoms with van der Waals surface area (Å²) in [5, 5.41) is -2.89. The summed E-state index contributed by atoms with van der Waals surface area (Å²) in [6.45, 7) is 0. The topological polar surface area (TPSA) is 14.8 Å². The van der Waals surface area contributed by atoms with E-state index in [1.807, 2.05) is 0 Å². The van der Waals surface area contributed by atoms with Crippen molar-refractivity contribution >= 4 is 65.4 Å². The molecule has 3 heterocycles. The maximum atomic E-state index is 10.0. The third-order valence-corrected chi connectivity index (χ3v) is 8.71. The molecule has 11 rings (SSSR count). The second-order valence-electron chi connectivity index (χ2n) is 11.4. The molecule has 0 atom stereocenters. The van der Waals surface area contributed by atoms with Gasteiger partial charge in [-0.15, -0.1) is 0 Å². The molecule has 0 bridgehead atoms. The van der Waals surface area contributed by atoms with Crippen LogP contribution in [-0.4, -0.2) is 13.7 Å². The molecule has 0 amide bonds. The van der Waals surface area contributed by atoms with E-state index in [-0.39, 0.29) is 27.5 Å². The summed E-state index contributed by atoms with van der Waals surface area (Å²) >= 11 is 0. The molecule has 0 saturated heterocycles. The number of aromatic nitrogens is 3. The first-order chi connectivity index (χ1) is 36.2. The Hall–Kier alpha value is -6.84. The Morgan fingerprint density at radius 1 is 0.333 bits per heavy atom. The molecule has 11 aromatic rings. The number of benzene rings is 8. The highest BCUT2D eigenvalue weighted by atomic mass is 15.0. The predicted molar refractivity (Wildman–Crippen MR) is 215 cm³/mol. The summed E-state index contributed by atoms with van der Waals surface area (Å²) in [5.41, 5.74) is -5.55. The fraction of sp³-hybridized carbons (Fsp3) is 0. The van der Waals surface area contributed by atoms with E-state index in [4.69, 9.17) is 17.8 Å². The van der Waals surface area contributed by atoms with Gasteiger partial charge in [-0.25, -0.2) is 0 Å². The van der Waals surface area contributed by atoms with Gasteiger partial charge >= 0.3 is 0 Å². The van der Waals surface area contributed by atoms with Crippen LogP contribution in [0.2, 0.25) is 0 Å². The van der Waals surface area contributed by atoms with Crippen LogP contribution in [-0.2, 0) is 0 Å². The predicted octanol–water partition coefficient (Wildman–Crippen LogP) is 12.6. The average molecular weight is 676 g/mol. The number of hydrogen-bond donors (Lipinski definition) is 0. The molecule has 0 radical (unpaired) electrons. The maximum absolute atomic E-state index is 10.0. The van der Waals surface area contributed by atoms with Crippen molar-refractivity contribution < 1.29 is 35.6 Å². The Labute approximate surface area is 331 Å². The lowest BCUT2D eigenvalue weighted by Crippen LogP contribution is -1.96. The van der Waals surface area contributed by atoms with Gasteiger partial charge in [0.15, 0.2) is 0 Å². The third kappa shape index (κ3) is 4.06. The first kappa shape index (κ1) is 12.8. The van der Waals surface area contributed by atoms with Crippen LogP contribution >= 0.6 is 0 Å². The van der Waals surface area contributed by atoms with Crippen molar-refractivity contribution in [1.29, 1.82) is 0 Å². The summed E-state index contributed by atoms with van der Waals surface area (Å²) < 4.78 is 240. The van der Waals surface area contributed by atoms with E-state index < -0.39 is 223 Å². The quantitative estimate of drug-likeness (QED) is 0.176. The average Bonchev–Trinajstić information content (AvgIpc) is 4.16. The number of rotatable bonds is 4. The highest BCUT2D eigenvalue weighted by Gasteiger charge is 2.20. The SMILES string of the molecule is [2H]c1c([2H])c([2H])c(-n2c3c([2H])c([2H])c([2H])c([2H])c3c3c(-n4c5c([2H])c([2H])c([2H])c([2H])c5c5c([2H])c(-c6c([2H])c([2H])c7c(c6[2H])c6c([2H])c([2H])c([2H])c([2H])c6n7-c6ccccc6)c([2H])c([2H])c54)c([2H])c([2H])c([2H])c32)c([2H])c1[2H]. The van der Waals surface area contributed by atoms with Crippen molar-refractivity contribution in [2.75, 3.05) is 0 Å². The molecule has 0 fully saturated rings. The monoisotopic (exact) mass is 675 g/mol. The minimum absolute atomic E-state index is 0.175. The van der Waals surface area contributed by atoms with E-state index >= 15 is 0 Å². The van der Waals surface area contributed by atoms with Crippen molar-refractivity contribution in [1.82, 2.24) is 13.7 Å². The van der Waals surface area contributed by atoms with Gasteiger partial charge in [-0.05, 0) is 89.7 Å². The molecule has 0 saturated carbocycles. The summed E-state index contributed by atoms with van der Waals surface area (Å²) in [6.07, 6.45) is 0. The third-order valence-electron chi connectivity index (χ3n) is 8.71. The molecule has 0 unspecified atom stereocenters. The fourth-order valence-electron chi connectivity index (χ4n) is 6.64. The number of nitrogens with zero attached hydrogens (tertiary/aromatic N) is 3. The zero-order valence-electron chi connectivity index (χ0n) is 51.7. The number of hydrogen-bond acceptors (Lipinski definition) is 0. The zero-order valence-corrected chi connectivity index (χ0v) is 25.7. The Morgan fingerprint density at radius 3 is 1.49 bits per heavy atom. The second-order valence-corrected chi connectivity index (χ2v) is 11.4. The van der Waals surface area contributed by atoms with Crippen LogP contribution in [0.1, 0.15) is 35.6 Å². The van der Waals surface area contributed by atoms with Crippen molar-refractivity contribution in [2.45, 2.75) is 0 Å². The van der Waals surface area contributed by atoms with Crippen LogP contribution in [0.4, 0.5) is 0 Å². The molecule has 238 valence electrons. The van der Waals surface area contributed by atoms with Crippen LogP contribution in [0.5, 0.6) is 0 Å². The Kier molecular flexibility index (Phi) is 2.72. The van der Waals surface area contributed by atoms with Crippen LogP contribution < -0.4 is 0 Å². The Balaban J connectivity index is 1.39. The minimum Gasteiger partial charge on any atom is -0.309 e. The summed E-state index contributed by atoms with van der Waals surface area (Å²) in [6, 6.07) is -14.1. The van der Waals surface area contributed by atoms with E-state index in [9.17, 15) is 17.8 Å². The van der Waals surface area contributed by atoms with Gasteiger partial charge in [-0.1, -0.05) is 109 Å². The Morgan fingerprint density at radius 2 is 0.824 bits per heavy atom. The van der Waals surface area contributed by atoms with Crippen molar-refractivity contribution in [3.8, 4) is 28.2 Å². The molecule has 0 aliphatic carbocycles. The lowest BCUT2D eigenvalue weighted by Gasteiger charge is -2.12. The van der Waals surface area contributed by atoms with Gasteiger partial charge < -0.3 is 13.7 Å². The molecule has 3 aromatic heterocycles. The van der Waals surface area contributed by atoms with Gasteiger partial charge in [0.05, 0.1) is 74.4 Å². The largest absolute Gasteiger partial charge is 0.309 e. The van der Waals surface area contributed by atoms with E-state index in [0.717, 1.165) is 9.13 Å².